The Kier molecular flexibility index (Phi) is 6.72. The zero-order valence-electron chi connectivity index (χ0n) is 17.9. The summed E-state index contributed by atoms with van der Waals surface area (Å²) in [7, 11) is 0. The fourth-order valence-corrected chi connectivity index (χ4v) is 4.40. The van der Waals surface area contributed by atoms with Gasteiger partial charge in [-0.15, -0.1) is 10.2 Å². The SMILES string of the molecule is CCCCc1ccc(NC(=O)CSc2nnc(-c3c[nH]c4ccccc34)n2CC)cc1. The van der Waals surface area contributed by atoms with E-state index in [0.717, 1.165) is 46.1 Å². The van der Waals surface area contributed by atoms with Gasteiger partial charge in [0, 0.05) is 34.9 Å². The molecule has 0 saturated heterocycles. The summed E-state index contributed by atoms with van der Waals surface area (Å²) in [6.45, 7) is 4.98. The number of fused-ring (bicyclic) bond motifs is 1. The smallest absolute Gasteiger partial charge is 0.234 e. The highest BCUT2D eigenvalue weighted by atomic mass is 32.2. The van der Waals surface area contributed by atoms with E-state index < -0.39 is 0 Å². The first-order chi connectivity index (χ1) is 15.2. The summed E-state index contributed by atoms with van der Waals surface area (Å²) in [5, 5.41) is 13.6. The molecule has 31 heavy (non-hydrogen) atoms. The normalized spacial score (nSPS) is 11.2. The van der Waals surface area contributed by atoms with E-state index in [9.17, 15) is 4.79 Å². The van der Waals surface area contributed by atoms with Gasteiger partial charge in [-0.1, -0.05) is 55.4 Å². The third-order valence-electron chi connectivity index (χ3n) is 5.25. The van der Waals surface area contributed by atoms with Crippen molar-refractivity contribution in [1.29, 1.82) is 0 Å². The van der Waals surface area contributed by atoms with Crippen molar-refractivity contribution in [2.24, 2.45) is 0 Å². The summed E-state index contributed by atoms with van der Waals surface area (Å²) in [6.07, 6.45) is 5.40. The van der Waals surface area contributed by atoms with Crippen molar-refractivity contribution in [2.45, 2.75) is 44.8 Å². The molecule has 0 aliphatic rings. The van der Waals surface area contributed by atoms with Crippen LogP contribution in [0.3, 0.4) is 0 Å². The molecule has 0 spiro atoms. The number of aryl methyl sites for hydroxylation is 1. The standard InChI is InChI=1S/C24H27N5OS/c1-3-5-8-17-11-13-18(14-12-17)26-22(30)16-31-24-28-27-23(29(24)4-2)20-15-25-21-10-7-6-9-19(20)21/h6-7,9-15,25H,3-5,8,16H2,1-2H3,(H,26,30). The second-order valence-corrected chi connectivity index (χ2v) is 8.38. The first-order valence-electron chi connectivity index (χ1n) is 10.7. The van der Waals surface area contributed by atoms with Crippen LogP contribution in [0.4, 0.5) is 5.69 Å². The Bertz CT molecular complexity index is 1160. The highest BCUT2D eigenvalue weighted by Crippen LogP contribution is 2.30. The number of nitrogens with one attached hydrogen (secondary N) is 2. The van der Waals surface area contributed by atoms with Gasteiger partial charge in [0.05, 0.1) is 5.75 Å². The van der Waals surface area contributed by atoms with E-state index >= 15 is 0 Å². The van der Waals surface area contributed by atoms with Crippen molar-refractivity contribution in [3.8, 4) is 11.4 Å². The fourth-order valence-electron chi connectivity index (χ4n) is 3.60. The van der Waals surface area contributed by atoms with Gasteiger partial charge in [-0.3, -0.25) is 4.79 Å². The molecule has 4 rings (SSSR count). The lowest BCUT2D eigenvalue weighted by molar-refractivity contribution is -0.113. The number of rotatable bonds is 9. The third-order valence-corrected chi connectivity index (χ3v) is 6.22. The minimum atomic E-state index is -0.0504. The highest BCUT2D eigenvalue weighted by Gasteiger charge is 2.17. The number of para-hydroxylation sites is 1. The third kappa shape index (κ3) is 4.82. The summed E-state index contributed by atoms with van der Waals surface area (Å²) >= 11 is 1.40. The molecule has 1 amide bonds. The van der Waals surface area contributed by atoms with E-state index in [0.29, 0.717) is 0 Å². The fraction of sp³-hybridized carbons (Fsp3) is 0.292. The first-order valence-corrected chi connectivity index (χ1v) is 11.7. The molecule has 0 fully saturated rings. The van der Waals surface area contributed by atoms with Crippen molar-refractivity contribution in [2.75, 3.05) is 11.1 Å². The van der Waals surface area contributed by atoms with Crippen LogP contribution in [0.25, 0.3) is 22.3 Å². The minimum absolute atomic E-state index is 0.0504. The minimum Gasteiger partial charge on any atom is -0.360 e. The van der Waals surface area contributed by atoms with Gasteiger partial charge in [-0.2, -0.15) is 0 Å². The van der Waals surface area contributed by atoms with Crippen molar-refractivity contribution < 1.29 is 4.79 Å². The van der Waals surface area contributed by atoms with Gasteiger partial charge >= 0.3 is 0 Å². The molecule has 0 atom stereocenters. The number of hydrogen-bond acceptors (Lipinski definition) is 4. The lowest BCUT2D eigenvalue weighted by Crippen LogP contribution is -2.14. The van der Waals surface area contributed by atoms with Crippen LogP contribution in [0.5, 0.6) is 0 Å². The summed E-state index contributed by atoms with van der Waals surface area (Å²) in [5.41, 5.74) is 4.21. The molecule has 2 aromatic heterocycles. The molecule has 0 unspecified atom stereocenters. The van der Waals surface area contributed by atoms with Crippen LogP contribution < -0.4 is 5.32 Å². The number of nitrogens with zero attached hydrogens (tertiary/aromatic N) is 3. The van der Waals surface area contributed by atoms with Crippen LogP contribution in [0.2, 0.25) is 0 Å². The summed E-state index contributed by atoms with van der Waals surface area (Å²) in [4.78, 5) is 15.7. The monoisotopic (exact) mass is 433 g/mol. The maximum atomic E-state index is 12.5. The number of aromatic nitrogens is 4. The molecule has 0 bridgehead atoms. The van der Waals surface area contributed by atoms with Crippen LogP contribution in [0.1, 0.15) is 32.3 Å². The number of carbonyl (C=O) groups is 1. The molecule has 7 heteroatoms. The molecule has 4 aromatic rings. The number of thioether (sulfide) groups is 1. The largest absolute Gasteiger partial charge is 0.360 e. The Hall–Kier alpha value is -3.06. The number of hydrogen-bond donors (Lipinski definition) is 2. The zero-order valence-corrected chi connectivity index (χ0v) is 18.7. The molecule has 2 aromatic carbocycles. The molecule has 0 radical (unpaired) electrons. The Labute approximate surface area is 186 Å². The van der Waals surface area contributed by atoms with E-state index in [1.54, 1.807) is 0 Å². The van der Waals surface area contributed by atoms with Crippen molar-refractivity contribution in [3.05, 3.63) is 60.3 Å². The number of anilines is 1. The molecule has 0 aliphatic carbocycles. The van der Waals surface area contributed by atoms with Crippen LogP contribution in [-0.4, -0.2) is 31.4 Å². The quantitative estimate of drug-likeness (QED) is 0.341. The predicted molar refractivity (Wildman–Crippen MR) is 127 cm³/mol. The predicted octanol–water partition coefficient (Wildman–Crippen LogP) is 5.52. The Balaban J connectivity index is 1.41. The van der Waals surface area contributed by atoms with Gasteiger partial charge in [0.25, 0.3) is 0 Å². The molecule has 6 nitrogen and oxygen atoms in total. The molecule has 0 aliphatic heterocycles. The van der Waals surface area contributed by atoms with Gasteiger partial charge in [0.2, 0.25) is 5.91 Å². The lowest BCUT2D eigenvalue weighted by Gasteiger charge is -2.08. The van der Waals surface area contributed by atoms with Crippen LogP contribution in [0.15, 0.2) is 59.9 Å². The van der Waals surface area contributed by atoms with Crippen LogP contribution in [-0.2, 0) is 17.8 Å². The average molecular weight is 434 g/mol. The Morgan fingerprint density at radius 3 is 2.68 bits per heavy atom. The lowest BCUT2D eigenvalue weighted by atomic mass is 10.1. The molecule has 0 saturated carbocycles. The summed E-state index contributed by atoms with van der Waals surface area (Å²) in [5.74, 6) is 1.04. The van der Waals surface area contributed by atoms with Crippen LogP contribution in [0, 0.1) is 0 Å². The van der Waals surface area contributed by atoms with Crippen molar-refractivity contribution >= 4 is 34.3 Å². The average Bonchev–Trinajstić information content (AvgIpc) is 3.40. The van der Waals surface area contributed by atoms with Crippen molar-refractivity contribution in [3.63, 3.8) is 0 Å². The molecular weight excluding hydrogens is 406 g/mol. The van der Waals surface area contributed by atoms with E-state index in [1.807, 2.05) is 36.5 Å². The molecule has 2 N–H and O–H groups in total. The van der Waals surface area contributed by atoms with Gasteiger partial charge in [-0.25, -0.2) is 0 Å². The highest BCUT2D eigenvalue weighted by molar-refractivity contribution is 7.99. The first kappa shape index (κ1) is 21.2. The Morgan fingerprint density at radius 2 is 1.90 bits per heavy atom. The number of carbonyl (C=O) groups excluding carboxylic acids is 1. The summed E-state index contributed by atoms with van der Waals surface area (Å²) in [6, 6.07) is 16.2. The topological polar surface area (TPSA) is 75.6 Å². The number of aromatic amines is 1. The maximum Gasteiger partial charge on any atom is 0.234 e. The second-order valence-electron chi connectivity index (χ2n) is 7.44. The van der Waals surface area contributed by atoms with E-state index in [4.69, 9.17) is 0 Å². The van der Waals surface area contributed by atoms with Crippen molar-refractivity contribution in [1.82, 2.24) is 19.7 Å². The van der Waals surface area contributed by atoms with Gasteiger partial charge < -0.3 is 14.9 Å². The van der Waals surface area contributed by atoms with E-state index in [-0.39, 0.29) is 11.7 Å². The van der Waals surface area contributed by atoms with E-state index in [2.05, 4.69) is 57.1 Å². The molecule has 2 heterocycles. The number of unbranched alkanes of at least 4 members (excludes halogenated alkanes) is 1. The van der Waals surface area contributed by atoms with Gasteiger partial charge in [-0.05, 0) is 43.5 Å². The number of H-pyrrole nitrogens is 1. The molecular formula is C24H27N5OS. The van der Waals surface area contributed by atoms with Gasteiger partial charge in [0.1, 0.15) is 0 Å². The summed E-state index contributed by atoms with van der Waals surface area (Å²) < 4.78 is 2.05. The van der Waals surface area contributed by atoms with Gasteiger partial charge in [0.15, 0.2) is 11.0 Å². The molecule has 160 valence electrons. The zero-order chi connectivity index (χ0) is 21.6. The van der Waals surface area contributed by atoms with Crippen LogP contribution >= 0.6 is 11.8 Å². The number of benzene rings is 2. The number of amides is 1. The van der Waals surface area contributed by atoms with E-state index in [1.165, 1.54) is 30.2 Å². The Morgan fingerprint density at radius 1 is 1.10 bits per heavy atom. The maximum absolute atomic E-state index is 12.5. The second kappa shape index (κ2) is 9.83.